The largest absolute Gasteiger partial charge is 0.264 e. The Hall–Kier alpha value is -1.11. The molecular formula is C11H15N. The first kappa shape index (κ1) is 8.98. The molecule has 0 aliphatic heterocycles. The summed E-state index contributed by atoms with van der Waals surface area (Å²) in [7, 11) is 0. The Morgan fingerprint density at radius 2 is 2.33 bits per heavy atom. The molecule has 12 heavy (non-hydrogen) atoms. The molecule has 0 radical (unpaired) electrons. The molecule has 1 aromatic heterocycles. The van der Waals surface area contributed by atoms with E-state index in [0.29, 0.717) is 5.92 Å². The maximum absolute atomic E-state index is 4.05. The van der Waals surface area contributed by atoms with Crippen molar-refractivity contribution in [1.82, 2.24) is 4.98 Å². The maximum atomic E-state index is 4.05. The molecule has 1 nitrogen and oxygen atoms in total. The third-order valence-electron chi connectivity index (χ3n) is 1.79. The zero-order valence-electron chi connectivity index (χ0n) is 7.75. The van der Waals surface area contributed by atoms with Crippen LogP contribution in [0.4, 0.5) is 0 Å². The first-order valence-electron chi connectivity index (χ1n) is 4.29. The van der Waals surface area contributed by atoms with Gasteiger partial charge in [-0.25, -0.2) is 0 Å². The molecule has 0 amide bonds. The second-order valence-corrected chi connectivity index (χ2v) is 3.38. The number of rotatable bonds is 3. The van der Waals surface area contributed by atoms with Gasteiger partial charge in [0, 0.05) is 12.4 Å². The van der Waals surface area contributed by atoms with Crippen LogP contribution in [-0.4, -0.2) is 4.98 Å². The number of aromatic nitrogens is 1. The van der Waals surface area contributed by atoms with Crippen LogP contribution in [0.25, 0.3) is 6.08 Å². The van der Waals surface area contributed by atoms with E-state index in [4.69, 9.17) is 0 Å². The molecule has 0 N–H and O–H groups in total. The van der Waals surface area contributed by atoms with Gasteiger partial charge in [0.15, 0.2) is 0 Å². The Morgan fingerprint density at radius 1 is 1.58 bits per heavy atom. The Bertz CT molecular complexity index is 263. The minimum atomic E-state index is 0.686. The second-order valence-electron chi connectivity index (χ2n) is 3.38. The lowest BCUT2D eigenvalue weighted by Crippen LogP contribution is -1.96. The number of hydrogen-bond acceptors (Lipinski definition) is 1. The predicted molar refractivity (Wildman–Crippen MR) is 52.9 cm³/mol. The lowest BCUT2D eigenvalue weighted by Gasteiger charge is -2.07. The molecule has 0 aliphatic rings. The fourth-order valence-corrected chi connectivity index (χ4v) is 1.24. The molecule has 0 saturated heterocycles. The average molecular weight is 161 g/mol. The summed E-state index contributed by atoms with van der Waals surface area (Å²) in [5.74, 6) is 0.686. The van der Waals surface area contributed by atoms with Gasteiger partial charge in [0.25, 0.3) is 0 Å². The molecule has 1 aromatic rings. The van der Waals surface area contributed by atoms with E-state index in [2.05, 4.69) is 31.5 Å². The molecule has 0 spiro atoms. The zero-order chi connectivity index (χ0) is 8.97. The molecule has 1 heteroatoms. The van der Waals surface area contributed by atoms with E-state index in [-0.39, 0.29) is 0 Å². The summed E-state index contributed by atoms with van der Waals surface area (Å²) < 4.78 is 0. The minimum absolute atomic E-state index is 0.686. The lowest BCUT2D eigenvalue weighted by atomic mass is 10.00. The molecule has 1 rings (SSSR count). The fraction of sp³-hybridized carbons (Fsp3) is 0.364. The maximum Gasteiger partial charge on any atom is 0.0342 e. The van der Waals surface area contributed by atoms with Crippen LogP contribution in [0.1, 0.15) is 25.0 Å². The summed E-state index contributed by atoms with van der Waals surface area (Å²) in [5, 5.41) is 0. The van der Waals surface area contributed by atoms with Gasteiger partial charge in [-0.1, -0.05) is 26.5 Å². The van der Waals surface area contributed by atoms with Crippen LogP contribution in [0, 0.1) is 5.92 Å². The van der Waals surface area contributed by atoms with E-state index in [1.54, 1.807) is 0 Å². The third-order valence-corrected chi connectivity index (χ3v) is 1.79. The summed E-state index contributed by atoms with van der Waals surface area (Å²) >= 11 is 0. The van der Waals surface area contributed by atoms with Gasteiger partial charge >= 0.3 is 0 Å². The van der Waals surface area contributed by atoms with Gasteiger partial charge in [0.1, 0.15) is 0 Å². The van der Waals surface area contributed by atoms with Crippen molar-refractivity contribution in [3.63, 3.8) is 0 Å². The van der Waals surface area contributed by atoms with E-state index in [0.717, 1.165) is 12.0 Å². The van der Waals surface area contributed by atoms with Gasteiger partial charge in [-0.2, -0.15) is 0 Å². The number of hydrogen-bond donors (Lipinski definition) is 0. The topological polar surface area (TPSA) is 12.9 Å². The van der Waals surface area contributed by atoms with Gasteiger partial charge in [-0.05, 0) is 29.5 Å². The van der Waals surface area contributed by atoms with Crippen LogP contribution in [0.5, 0.6) is 0 Å². The number of pyridine rings is 1. The molecular weight excluding hydrogens is 146 g/mol. The highest BCUT2D eigenvalue weighted by molar-refractivity contribution is 5.50. The Morgan fingerprint density at radius 3 is 2.92 bits per heavy atom. The van der Waals surface area contributed by atoms with Gasteiger partial charge in [0.2, 0.25) is 0 Å². The van der Waals surface area contributed by atoms with Crippen molar-refractivity contribution >= 4 is 6.08 Å². The highest BCUT2D eigenvalue weighted by atomic mass is 14.6. The van der Waals surface area contributed by atoms with E-state index in [9.17, 15) is 0 Å². The standard InChI is InChI=1S/C11H15N/c1-4-10-8-12-6-5-11(10)7-9(2)3/h4-6,8-9H,1,7H2,2-3H3. The Kier molecular flexibility index (Phi) is 3.03. The van der Waals surface area contributed by atoms with Crippen LogP contribution in [0.2, 0.25) is 0 Å². The van der Waals surface area contributed by atoms with Gasteiger partial charge in [-0.3, -0.25) is 4.98 Å². The molecule has 0 aromatic carbocycles. The molecule has 1 heterocycles. The molecule has 0 fully saturated rings. The summed E-state index contributed by atoms with van der Waals surface area (Å²) in [6.07, 6.45) is 6.67. The highest BCUT2D eigenvalue weighted by Crippen LogP contribution is 2.13. The second kappa shape index (κ2) is 4.05. The summed E-state index contributed by atoms with van der Waals surface area (Å²) in [5.41, 5.74) is 2.50. The van der Waals surface area contributed by atoms with Crippen molar-refractivity contribution in [2.24, 2.45) is 5.92 Å². The summed E-state index contributed by atoms with van der Waals surface area (Å²) in [4.78, 5) is 4.05. The van der Waals surface area contributed by atoms with Crippen molar-refractivity contribution in [3.05, 3.63) is 36.2 Å². The van der Waals surface area contributed by atoms with Crippen molar-refractivity contribution in [2.45, 2.75) is 20.3 Å². The highest BCUT2D eigenvalue weighted by Gasteiger charge is 2.00. The molecule has 0 aliphatic carbocycles. The normalized spacial score (nSPS) is 10.2. The van der Waals surface area contributed by atoms with Crippen LogP contribution in [0.3, 0.4) is 0 Å². The predicted octanol–water partition coefficient (Wildman–Crippen LogP) is 2.92. The zero-order valence-corrected chi connectivity index (χ0v) is 7.75. The van der Waals surface area contributed by atoms with E-state index in [1.807, 2.05) is 18.5 Å². The minimum Gasteiger partial charge on any atom is -0.264 e. The molecule has 0 bridgehead atoms. The first-order chi connectivity index (χ1) is 5.74. The van der Waals surface area contributed by atoms with Crippen LogP contribution >= 0.6 is 0 Å². The van der Waals surface area contributed by atoms with E-state index < -0.39 is 0 Å². The fourth-order valence-electron chi connectivity index (χ4n) is 1.24. The smallest absolute Gasteiger partial charge is 0.0342 e. The molecule has 0 saturated carbocycles. The molecule has 0 atom stereocenters. The summed E-state index contributed by atoms with van der Waals surface area (Å²) in [6.45, 7) is 8.19. The summed E-state index contributed by atoms with van der Waals surface area (Å²) in [6, 6.07) is 2.07. The van der Waals surface area contributed by atoms with Gasteiger partial charge in [-0.15, -0.1) is 0 Å². The van der Waals surface area contributed by atoms with Crippen molar-refractivity contribution < 1.29 is 0 Å². The van der Waals surface area contributed by atoms with Crippen LogP contribution in [0.15, 0.2) is 25.0 Å². The first-order valence-corrected chi connectivity index (χ1v) is 4.29. The molecule has 64 valence electrons. The number of nitrogens with zero attached hydrogens (tertiary/aromatic N) is 1. The van der Waals surface area contributed by atoms with E-state index in [1.165, 1.54) is 5.56 Å². The quantitative estimate of drug-likeness (QED) is 0.664. The van der Waals surface area contributed by atoms with Crippen LogP contribution < -0.4 is 0 Å². The Balaban J connectivity index is 2.89. The molecule has 0 unspecified atom stereocenters. The third kappa shape index (κ3) is 2.19. The van der Waals surface area contributed by atoms with Crippen molar-refractivity contribution in [2.75, 3.05) is 0 Å². The Labute approximate surface area is 74.2 Å². The average Bonchev–Trinajstić information content (AvgIpc) is 2.04. The van der Waals surface area contributed by atoms with Crippen molar-refractivity contribution in [3.8, 4) is 0 Å². The van der Waals surface area contributed by atoms with Crippen molar-refractivity contribution in [1.29, 1.82) is 0 Å². The lowest BCUT2D eigenvalue weighted by molar-refractivity contribution is 0.646. The monoisotopic (exact) mass is 161 g/mol. The van der Waals surface area contributed by atoms with Crippen LogP contribution in [-0.2, 0) is 6.42 Å². The van der Waals surface area contributed by atoms with E-state index >= 15 is 0 Å². The van der Waals surface area contributed by atoms with Gasteiger partial charge in [0.05, 0.1) is 0 Å². The SMILES string of the molecule is C=Cc1cnccc1CC(C)C. The van der Waals surface area contributed by atoms with Gasteiger partial charge < -0.3 is 0 Å².